The second-order valence-electron chi connectivity index (χ2n) is 5.76. The average molecular weight is 215 g/mol. The van der Waals surface area contributed by atoms with Gasteiger partial charge in [0.1, 0.15) is 0 Å². The summed E-state index contributed by atoms with van der Waals surface area (Å²) < 4.78 is 0. The summed E-state index contributed by atoms with van der Waals surface area (Å²) in [6, 6.07) is 0.587. The maximum absolute atomic E-state index is 3.53. The zero-order valence-electron chi connectivity index (χ0n) is 11.6. The van der Waals surface area contributed by atoms with Gasteiger partial charge in [-0.15, -0.1) is 0 Å². The molecule has 0 aliphatic carbocycles. The van der Waals surface area contributed by atoms with Crippen molar-refractivity contribution in [2.45, 2.75) is 39.3 Å². The third kappa shape index (κ3) is 8.85. The Morgan fingerprint density at radius 3 is 2.00 bits per heavy atom. The zero-order valence-corrected chi connectivity index (χ0v) is 11.6. The van der Waals surface area contributed by atoms with E-state index in [1.165, 1.54) is 0 Å². The van der Waals surface area contributed by atoms with Gasteiger partial charge in [0.25, 0.3) is 0 Å². The molecule has 0 radical (unpaired) electrons. The van der Waals surface area contributed by atoms with Crippen LogP contribution in [-0.4, -0.2) is 62.2 Å². The van der Waals surface area contributed by atoms with Crippen LogP contribution >= 0.6 is 0 Å². The summed E-state index contributed by atoms with van der Waals surface area (Å²) in [4.78, 5) is 4.62. The van der Waals surface area contributed by atoms with E-state index >= 15 is 0 Å². The normalized spacial score (nSPS) is 15.0. The van der Waals surface area contributed by atoms with E-state index in [2.05, 4.69) is 64.0 Å². The molecule has 92 valence electrons. The van der Waals surface area contributed by atoms with Crippen molar-refractivity contribution in [1.29, 1.82) is 0 Å². The van der Waals surface area contributed by atoms with Gasteiger partial charge < -0.3 is 15.1 Å². The molecule has 0 saturated carbocycles. The summed E-state index contributed by atoms with van der Waals surface area (Å²) in [5, 5.41) is 3.53. The van der Waals surface area contributed by atoms with Crippen molar-refractivity contribution in [2.75, 3.05) is 40.8 Å². The van der Waals surface area contributed by atoms with Crippen molar-refractivity contribution in [3.63, 3.8) is 0 Å². The Bertz CT molecular complexity index is 161. The van der Waals surface area contributed by atoms with Crippen molar-refractivity contribution in [3.8, 4) is 0 Å². The standard InChI is InChI=1S/C12H29N3/c1-11(10-13-12(2,3)4)15(7)9-8-14(5)6/h11,13H,8-10H2,1-7H3. The summed E-state index contributed by atoms with van der Waals surface area (Å²) in [6.45, 7) is 12.2. The minimum Gasteiger partial charge on any atom is -0.311 e. The predicted molar refractivity (Wildman–Crippen MR) is 68.4 cm³/mol. The van der Waals surface area contributed by atoms with Gasteiger partial charge in [0.05, 0.1) is 0 Å². The van der Waals surface area contributed by atoms with E-state index in [-0.39, 0.29) is 5.54 Å². The van der Waals surface area contributed by atoms with Gasteiger partial charge in [0.2, 0.25) is 0 Å². The molecule has 1 unspecified atom stereocenters. The van der Waals surface area contributed by atoms with E-state index in [0.29, 0.717) is 6.04 Å². The van der Waals surface area contributed by atoms with Crippen LogP contribution in [0, 0.1) is 0 Å². The van der Waals surface area contributed by atoms with E-state index in [1.807, 2.05) is 0 Å². The number of nitrogens with one attached hydrogen (secondary N) is 1. The summed E-state index contributed by atoms with van der Waals surface area (Å²) >= 11 is 0. The molecule has 0 aromatic heterocycles. The lowest BCUT2D eigenvalue weighted by Crippen LogP contribution is -2.46. The maximum Gasteiger partial charge on any atom is 0.0190 e. The van der Waals surface area contributed by atoms with Crippen LogP contribution in [0.3, 0.4) is 0 Å². The summed E-state index contributed by atoms with van der Waals surface area (Å²) in [5.41, 5.74) is 0.219. The van der Waals surface area contributed by atoms with E-state index in [4.69, 9.17) is 0 Å². The molecule has 0 aromatic carbocycles. The first-order valence-corrected chi connectivity index (χ1v) is 5.82. The van der Waals surface area contributed by atoms with Crippen LogP contribution in [0.5, 0.6) is 0 Å². The molecule has 1 N–H and O–H groups in total. The Morgan fingerprint density at radius 2 is 1.60 bits per heavy atom. The first-order chi connectivity index (χ1) is 6.72. The van der Waals surface area contributed by atoms with Crippen molar-refractivity contribution in [3.05, 3.63) is 0 Å². The Morgan fingerprint density at radius 1 is 1.07 bits per heavy atom. The van der Waals surface area contributed by atoms with Crippen LogP contribution in [0.25, 0.3) is 0 Å². The lowest BCUT2D eigenvalue weighted by atomic mass is 10.1. The summed E-state index contributed by atoms with van der Waals surface area (Å²) in [6.07, 6.45) is 0. The fourth-order valence-corrected chi connectivity index (χ4v) is 1.19. The molecular formula is C12H29N3. The number of rotatable bonds is 6. The molecular weight excluding hydrogens is 186 g/mol. The minimum absolute atomic E-state index is 0.219. The number of hydrogen-bond donors (Lipinski definition) is 1. The molecule has 0 aliphatic rings. The van der Waals surface area contributed by atoms with E-state index in [0.717, 1.165) is 19.6 Å². The van der Waals surface area contributed by atoms with Crippen molar-refractivity contribution in [2.24, 2.45) is 0 Å². The molecule has 0 aliphatic heterocycles. The highest BCUT2D eigenvalue weighted by molar-refractivity contribution is 4.75. The summed E-state index contributed by atoms with van der Waals surface area (Å²) in [5.74, 6) is 0. The Kier molecular flexibility index (Phi) is 6.41. The Labute approximate surface area is 95.8 Å². The van der Waals surface area contributed by atoms with Gasteiger partial charge in [-0.05, 0) is 48.8 Å². The predicted octanol–water partition coefficient (Wildman–Crippen LogP) is 1.26. The van der Waals surface area contributed by atoms with Gasteiger partial charge in [0, 0.05) is 31.2 Å². The lowest BCUT2D eigenvalue weighted by molar-refractivity contribution is 0.214. The van der Waals surface area contributed by atoms with E-state index in [9.17, 15) is 0 Å². The van der Waals surface area contributed by atoms with Crippen molar-refractivity contribution < 1.29 is 0 Å². The molecule has 0 fully saturated rings. The molecule has 0 spiro atoms. The number of nitrogens with zero attached hydrogens (tertiary/aromatic N) is 2. The molecule has 1 atom stereocenters. The quantitative estimate of drug-likeness (QED) is 0.719. The topological polar surface area (TPSA) is 18.5 Å². The van der Waals surface area contributed by atoms with Crippen LogP contribution in [0.2, 0.25) is 0 Å². The van der Waals surface area contributed by atoms with E-state index in [1.54, 1.807) is 0 Å². The fraction of sp³-hybridized carbons (Fsp3) is 1.00. The van der Waals surface area contributed by atoms with Gasteiger partial charge >= 0.3 is 0 Å². The second kappa shape index (κ2) is 6.46. The fourth-order valence-electron chi connectivity index (χ4n) is 1.19. The molecule has 15 heavy (non-hydrogen) atoms. The minimum atomic E-state index is 0.219. The van der Waals surface area contributed by atoms with Gasteiger partial charge in [-0.1, -0.05) is 0 Å². The molecule has 0 aromatic rings. The Balaban J connectivity index is 3.74. The van der Waals surface area contributed by atoms with Crippen molar-refractivity contribution >= 4 is 0 Å². The molecule has 0 saturated heterocycles. The first-order valence-electron chi connectivity index (χ1n) is 5.82. The van der Waals surface area contributed by atoms with Crippen molar-refractivity contribution in [1.82, 2.24) is 15.1 Å². The number of hydrogen-bond acceptors (Lipinski definition) is 3. The second-order valence-corrected chi connectivity index (χ2v) is 5.76. The van der Waals surface area contributed by atoms with Gasteiger partial charge in [-0.2, -0.15) is 0 Å². The Hall–Kier alpha value is -0.120. The van der Waals surface area contributed by atoms with Crippen LogP contribution in [0.4, 0.5) is 0 Å². The van der Waals surface area contributed by atoms with Gasteiger partial charge in [-0.3, -0.25) is 0 Å². The zero-order chi connectivity index (χ0) is 12.1. The van der Waals surface area contributed by atoms with Gasteiger partial charge in [0.15, 0.2) is 0 Å². The first kappa shape index (κ1) is 14.9. The SMILES string of the molecule is CC(CNC(C)(C)C)N(C)CCN(C)C. The van der Waals surface area contributed by atoms with Crippen LogP contribution in [0.15, 0.2) is 0 Å². The highest BCUT2D eigenvalue weighted by Gasteiger charge is 2.13. The monoisotopic (exact) mass is 215 g/mol. The molecule has 0 bridgehead atoms. The maximum atomic E-state index is 3.53. The number of likely N-dealkylation sites (N-methyl/N-ethyl adjacent to an activating group) is 2. The largest absolute Gasteiger partial charge is 0.311 e. The highest BCUT2D eigenvalue weighted by atomic mass is 15.2. The summed E-state index contributed by atoms with van der Waals surface area (Å²) in [7, 11) is 6.43. The molecule has 0 rings (SSSR count). The molecule has 0 amide bonds. The smallest absolute Gasteiger partial charge is 0.0190 e. The average Bonchev–Trinajstić information content (AvgIpc) is 2.08. The third-order valence-electron chi connectivity index (χ3n) is 2.58. The van der Waals surface area contributed by atoms with E-state index < -0.39 is 0 Å². The van der Waals surface area contributed by atoms with Crippen LogP contribution in [-0.2, 0) is 0 Å². The van der Waals surface area contributed by atoms with Crippen LogP contribution in [0.1, 0.15) is 27.7 Å². The highest BCUT2D eigenvalue weighted by Crippen LogP contribution is 2.01. The third-order valence-corrected chi connectivity index (χ3v) is 2.58. The molecule has 3 nitrogen and oxygen atoms in total. The van der Waals surface area contributed by atoms with Crippen LogP contribution < -0.4 is 5.32 Å². The molecule has 3 heteroatoms. The van der Waals surface area contributed by atoms with Gasteiger partial charge in [-0.25, -0.2) is 0 Å². The lowest BCUT2D eigenvalue weighted by Gasteiger charge is -2.29. The molecule has 0 heterocycles.